The Morgan fingerprint density at radius 3 is 1.01 bits per heavy atom. The van der Waals surface area contributed by atoms with Gasteiger partial charge >= 0.3 is 0 Å². The van der Waals surface area contributed by atoms with E-state index in [1.165, 1.54) is 77.0 Å². The Morgan fingerprint density at radius 1 is 0.361 bits per heavy atom. The lowest BCUT2D eigenvalue weighted by molar-refractivity contribution is 0.591. The van der Waals surface area contributed by atoms with Gasteiger partial charge in [0.05, 0.1) is 10.8 Å². The molecule has 2 heterocycles. The average molecular weight is 967 g/mol. The summed E-state index contributed by atoms with van der Waals surface area (Å²) in [6.07, 6.45) is 19.1. The molecular formula is C66H82N2O4. The van der Waals surface area contributed by atoms with E-state index >= 15 is 9.59 Å². The SMILES string of the molecule is CCCCCCN(CCCCCC)c1ccc2c(c1)oc1c3c(=O)c4ccc(C(C)(C)C)cc4c4c5ccc(N(CCCCCC)CCCCCC)cc5oc(c5c(=O)c6ccc(C(C)(C)C)cc6c2c15)c34. The minimum atomic E-state index is -0.169. The molecular weight excluding hydrogens is 885 g/mol. The Morgan fingerprint density at radius 2 is 0.694 bits per heavy atom. The zero-order valence-electron chi connectivity index (χ0n) is 45.6. The molecule has 0 saturated heterocycles. The van der Waals surface area contributed by atoms with Crippen molar-refractivity contribution in [3.63, 3.8) is 0 Å². The van der Waals surface area contributed by atoms with Crippen molar-refractivity contribution in [2.75, 3.05) is 36.0 Å². The van der Waals surface area contributed by atoms with Crippen molar-refractivity contribution in [1.82, 2.24) is 0 Å². The van der Waals surface area contributed by atoms with Gasteiger partial charge in [0.2, 0.25) is 0 Å². The fourth-order valence-corrected chi connectivity index (χ4v) is 11.6. The van der Waals surface area contributed by atoms with E-state index in [2.05, 4.69) is 140 Å². The molecule has 0 atom stereocenters. The molecule has 9 aromatic rings. The van der Waals surface area contributed by atoms with Crippen LogP contribution < -0.4 is 20.7 Å². The molecule has 0 aliphatic rings. The van der Waals surface area contributed by atoms with Crippen molar-refractivity contribution < 1.29 is 8.83 Å². The van der Waals surface area contributed by atoms with Crippen LogP contribution in [0.25, 0.3) is 87.0 Å². The zero-order valence-corrected chi connectivity index (χ0v) is 45.6. The zero-order chi connectivity index (χ0) is 50.9. The number of fused-ring (bicyclic) bond motifs is 10. The van der Waals surface area contributed by atoms with E-state index in [-0.39, 0.29) is 21.7 Å². The van der Waals surface area contributed by atoms with Crippen LogP contribution in [0, 0.1) is 0 Å². The Kier molecular flexibility index (Phi) is 15.3. The Labute approximate surface area is 428 Å². The third kappa shape index (κ3) is 9.81. The fraction of sp³-hybridized carbons (Fsp3) is 0.485. The first-order chi connectivity index (χ1) is 34.7. The van der Waals surface area contributed by atoms with E-state index in [0.717, 1.165) is 107 Å². The van der Waals surface area contributed by atoms with Crippen molar-refractivity contribution in [1.29, 1.82) is 0 Å². The maximum absolute atomic E-state index is 15.7. The molecule has 72 heavy (non-hydrogen) atoms. The van der Waals surface area contributed by atoms with Gasteiger partial charge in [-0.15, -0.1) is 0 Å². The summed E-state index contributed by atoms with van der Waals surface area (Å²) in [5.41, 5.74) is 6.35. The summed E-state index contributed by atoms with van der Waals surface area (Å²) >= 11 is 0. The molecule has 0 unspecified atom stereocenters. The summed E-state index contributed by atoms with van der Waals surface area (Å²) in [6, 6.07) is 26.1. The minimum absolute atomic E-state index is 0.105. The molecule has 380 valence electrons. The molecule has 0 radical (unpaired) electrons. The Hall–Kier alpha value is -5.62. The number of hydrogen-bond donors (Lipinski definition) is 0. The Bertz CT molecular complexity index is 3250. The molecule has 0 spiro atoms. The number of benzene rings is 7. The highest BCUT2D eigenvalue weighted by Gasteiger charge is 2.29. The van der Waals surface area contributed by atoms with Crippen LogP contribution in [-0.2, 0) is 10.8 Å². The summed E-state index contributed by atoms with van der Waals surface area (Å²) in [6.45, 7) is 26.3. The molecule has 0 saturated carbocycles. The molecule has 7 aromatic carbocycles. The summed E-state index contributed by atoms with van der Waals surface area (Å²) in [4.78, 5) is 36.6. The van der Waals surface area contributed by atoms with Crippen molar-refractivity contribution >= 4 is 98.3 Å². The number of rotatable bonds is 22. The Balaban J connectivity index is 1.42. The standard InChI is InChI=1S/C66H82N2O4/c1-11-15-19-23-35-67(36-24-20-16-12-2)45-29-33-49-53(41-45)71-63-57-55(49)51-39-43(65(5,6)7)27-31-47(51)62(70)60(57)64-58-56(52-40-44(66(8,9)10)28-32-48(52)61(69)59(58)63)50-34-30-46(42-54(50)72-64)68(37-25-21-17-13-3)38-26-22-18-14-4/h27-34,39-42H,11-26,35-38H2,1-10H3. The highest BCUT2D eigenvalue weighted by atomic mass is 16.3. The summed E-state index contributed by atoms with van der Waals surface area (Å²) < 4.78 is 14.7. The summed E-state index contributed by atoms with van der Waals surface area (Å²) in [7, 11) is 0. The molecule has 0 N–H and O–H groups in total. The maximum Gasteiger partial charge on any atom is 0.198 e. The third-order valence-corrected chi connectivity index (χ3v) is 15.9. The van der Waals surface area contributed by atoms with Crippen molar-refractivity contribution in [3.05, 3.63) is 104 Å². The van der Waals surface area contributed by atoms with E-state index in [4.69, 9.17) is 8.83 Å². The molecule has 6 nitrogen and oxygen atoms in total. The first-order valence-corrected chi connectivity index (χ1v) is 28.2. The largest absolute Gasteiger partial charge is 0.455 e. The molecule has 0 bridgehead atoms. The van der Waals surface area contributed by atoms with E-state index in [1.807, 2.05) is 12.1 Å². The van der Waals surface area contributed by atoms with Crippen LogP contribution in [0.15, 0.2) is 91.2 Å². The second-order valence-electron chi connectivity index (χ2n) is 23.4. The number of nitrogens with zero attached hydrogens (tertiary/aromatic N) is 2. The number of unbranched alkanes of at least 4 members (excludes halogenated alkanes) is 12. The van der Waals surface area contributed by atoms with Crippen molar-refractivity contribution in [2.45, 2.75) is 183 Å². The smallest absolute Gasteiger partial charge is 0.198 e. The van der Waals surface area contributed by atoms with E-state index in [1.54, 1.807) is 0 Å². The normalized spacial score (nSPS) is 12.7. The van der Waals surface area contributed by atoms with Gasteiger partial charge in [0.25, 0.3) is 0 Å². The van der Waals surface area contributed by atoms with Gasteiger partial charge in [-0.25, -0.2) is 0 Å². The number of anilines is 2. The molecule has 6 heteroatoms. The highest BCUT2D eigenvalue weighted by molar-refractivity contribution is 6.41. The quantitative estimate of drug-likeness (QED) is 0.0383. The molecule has 9 rings (SSSR count). The lowest BCUT2D eigenvalue weighted by Gasteiger charge is -2.26. The van der Waals surface area contributed by atoms with E-state index in [9.17, 15) is 0 Å². The fourth-order valence-electron chi connectivity index (χ4n) is 11.6. The lowest BCUT2D eigenvalue weighted by Crippen LogP contribution is -2.25. The predicted molar refractivity (Wildman–Crippen MR) is 313 cm³/mol. The first-order valence-electron chi connectivity index (χ1n) is 28.2. The molecule has 0 fully saturated rings. The lowest BCUT2D eigenvalue weighted by atomic mass is 9.82. The number of hydrogen-bond acceptors (Lipinski definition) is 6. The van der Waals surface area contributed by atoms with Gasteiger partial charge in [0.15, 0.2) is 10.9 Å². The van der Waals surface area contributed by atoms with Gasteiger partial charge in [-0.1, -0.05) is 171 Å². The van der Waals surface area contributed by atoms with Gasteiger partial charge in [-0.05, 0) is 94.8 Å². The van der Waals surface area contributed by atoms with Crippen LogP contribution in [0.5, 0.6) is 0 Å². The van der Waals surface area contributed by atoms with Crippen LogP contribution in [0.2, 0.25) is 0 Å². The van der Waals surface area contributed by atoms with Gasteiger partial charge in [-0.3, -0.25) is 9.59 Å². The summed E-state index contributed by atoms with van der Waals surface area (Å²) in [5, 5.41) is 9.06. The third-order valence-electron chi connectivity index (χ3n) is 15.9. The first kappa shape index (κ1) is 51.3. The van der Waals surface area contributed by atoms with Crippen LogP contribution in [0.4, 0.5) is 11.4 Å². The van der Waals surface area contributed by atoms with Crippen LogP contribution in [0.3, 0.4) is 0 Å². The maximum atomic E-state index is 15.7. The van der Waals surface area contributed by atoms with Gasteiger partial charge in [0.1, 0.15) is 22.3 Å². The van der Waals surface area contributed by atoms with Gasteiger partial charge in [0, 0.05) is 92.8 Å². The van der Waals surface area contributed by atoms with Crippen molar-refractivity contribution in [3.8, 4) is 0 Å². The second kappa shape index (κ2) is 21.5. The average Bonchev–Trinajstić information content (AvgIpc) is 3.36. The molecule has 0 aliphatic heterocycles. The van der Waals surface area contributed by atoms with E-state index in [0.29, 0.717) is 54.6 Å². The monoisotopic (exact) mass is 967 g/mol. The van der Waals surface area contributed by atoms with Crippen LogP contribution in [0.1, 0.15) is 183 Å². The minimum Gasteiger partial charge on any atom is -0.455 e. The van der Waals surface area contributed by atoms with Gasteiger partial charge in [-0.2, -0.15) is 0 Å². The van der Waals surface area contributed by atoms with Crippen LogP contribution >= 0.6 is 0 Å². The molecule has 0 amide bonds. The van der Waals surface area contributed by atoms with E-state index < -0.39 is 0 Å². The highest BCUT2D eigenvalue weighted by Crippen LogP contribution is 2.48. The summed E-state index contributed by atoms with van der Waals surface area (Å²) in [5.74, 6) is 0. The van der Waals surface area contributed by atoms with Crippen LogP contribution in [-0.4, -0.2) is 26.2 Å². The molecule has 0 aliphatic carbocycles. The molecule has 2 aromatic heterocycles. The second-order valence-corrected chi connectivity index (χ2v) is 23.4. The topological polar surface area (TPSA) is 66.9 Å². The van der Waals surface area contributed by atoms with Crippen molar-refractivity contribution in [2.24, 2.45) is 0 Å². The van der Waals surface area contributed by atoms with Gasteiger partial charge < -0.3 is 18.6 Å². The predicted octanol–water partition coefficient (Wildman–Crippen LogP) is 18.8.